The number of fused-ring (bicyclic) bond motifs is 2. The summed E-state index contributed by atoms with van der Waals surface area (Å²) in [6, 6.07) is 25.9. The highest BCUT2D eigenvalue weighted by molar-refractivity contribution is 7.99. The third-order valence-corrected chi connectivity index (χ3v) is 6.60. The van der Waals surface area contributed by atoms with E-state index in [1.54, 1.807) is 36.5 Å². The smallest absolute Gasteiger partial charge is 0.256 e. The Labute approximate surface area is 200 Å². The molecule has 0 atom stereocenters. The molecule has 4 aromatic rings. The Balaban J connectivity index is 1.26. The number of nitriles is 1. The number of aromatic nitrogens is 1. The topological polar surface area (TPSA) is 94.9 Å². The minimum absolute atomic E-state index is 0.189. The van der Waals surface area contributed by atoms with Crippen LogP contribution in [0.25, 0.3) is 11.1 Å². The van der Waals surface area contributed by atoms with Crippen LogP contribution in [0, 0.1) is 11.3 Å². The van der Waals surface area contributed by atoms with Crippen LogP contribution in [0.2, 0.25) is 0 Å². The van der Waals surface area contributed by atoms with Gasteiger partial charge in [0.15, 0.2) is 0 Å². The van der Waals surface area contributed by atoms with Crippen LogP contribution in [0.15, 0.2) is 94.9 Å². The molecule has 3 aromatic carbocycles. The van der Waals surface area contributed by atoms with Crippen molar-refractivity contribution in [1.82, 2.24) is 10.3 Å². The van der Waals surface area contributed by atoms with Crippen molar-refractivity contribution in [2.75, 3.05) is 5.32 Å². The summed E-state index contributed by atoms with van der Waals surface area (Å²) in [5.74, 6) is -0.437. The molecule has 0 saturated carbocycles. The lowest BCUT2D eigenvalue weighted by Gasteiger charge is -2.10. The Bertz CT molecular complexity index is 1440. The van der Waals surface area contributed by atoms with Gasteiger partial charge in [0, 0.05) is 27.1 Å². The number of nitrogens with one attached hydrogen (secondary N) is 2. The van der Waals surface area contributed by atoms with Crippen molar-refractivity contribution < 1.29 is 9.59 Å². The van der Waals surface area contributed by atoms with Crippen LogP contribution >= 0.6 is 11.8 Å². The van der Waals surface area contributed by atoms with Gasteiger partial charge in [-0.05, 0) is 54.1 Å². The van der Waals surface area contributed by atoms with Crippen LogP contribution in [-0.2, 0) is 6.54 Å². The second-order valence-corrected chi connectivity index (χ2v) is 8.76. The standard InChI is InChI=1S/C27H18N4O2S/c28-14-17-5-7-18(8-6-17)20-9-11-21(29-15-20)16-30-26(32)19-10-12-25-23(13-19)31-27(33)22-3-1-2-4-24(22)34-25/h1-13,15H,16H2,(H,30,32)(H,31,33). The van der Waals surface area contributed by atoms with Gasteiger partial charge in [-0.2, -0.15) is 5.26 Å². The Kier molecular flexibility index (Phi) is 5.81. The molecule has 2 N–H and O–H groups in total. The highest BCUT2D eigenvalue weighted by atomic mass is 32.2. The molecule has 0 aliphatic carbocycles. The second kappa shape index (κ2) is 9.22. The molecule has 0 unspecified atom stereocenters. The molecule has 6 nitrogen and oxygen atoms in total. The van der Waals surface area contributed by atoms with Crippen LogP contribution in [0.4, 0.5) is 5.69 Å². The molecule has 2 amide bonds. The summed E-state index contributed by atoms with van der Waals surface area (Å²) in [6.45, 7) is 0.274. The number of benzene rings is 3. The first-order valence-corrected chi connectivity index (χ1v) is 11.4. The van der Waals surface area contributed by atoms with Gasteiger partial charge in [0.2, 0.25) is 0 Å². The van der Waals surface area contributed by atoms with Crippen LogP contribution in [0.3, 0.4) is 0 Å². The number of hydrogen-bond acceptors (Lipinski definition) is 5. The van der Waals surface area contributed by atoms with Crippen LogP contribution in [0.1, 0.15) is 32.0 Å². The lowest BCUT2D eigenvalue weighted by molar-refractivity contribution is 0.0949. The summed E-state index contributed by atoms with van der Waals surface area (Å²) < 4.78 is 0. The Morgan fingerprint density at radius 2 is 1.76 bits per heavy atom. The molecule has 7 heteroatoms. The van der Waals surface area contributed by atoms with Gasteiger partial charge < -0.3 is 10.6 Å². The number of pyridine rings is 1. The van der Waals surface area contributed by atoms with E-state index in [0.717, 1.165) is 26.6 Å². The predicted molar refractivity (Wildman–Crippen MR) is 131 cm³/mol. The Morgan fingerprint density at radius 3 is 2.53 bits per heavy atom. The number of carbonyl (C=O) groups excluding carboxylic acids is 2. The van der Waals surface area contributed by atoms with E-state index >= 15 is 0 Å². The molecule has 164 valence electrons. The molecular formula is C27H18N4O2S. The summed E-state index contributed by atoms with van der Waals surface area (Å²) >= 11 is 1.50. The van der Waals surface area contributed by atoms with Crippen LogP contribution < -0.4 is 10.6 Å². The molecule has 2 heterocycles. The SMILES string of the molecule is N#Cc1ccc(-c2ccc(CNC(=O)c3ccc4c(c3)NC(=O)c3ccccc3S4)nc2)cc1. The monoisotopic (exact) mass is 462 g/mol. The van der Waals surface area contributed by atoms with Crippen molar-refractivity contribution in [3.8, 4) is 17.2 Å². The molecule has 34 heavy (non-hydrogen) atoms. The molecular weight excluding hydrogens is 444 g/mol. The summed E-state index contributed by atoms with van der Waals surface area (Å²) in [5.41, 5.74) is 4.92. The zero-order valence-corrected chi connectivity index (χ0v) is 18.7. The van der Waals surface area contributed by atoms with Crippen molar-refractivity contribution in [3.05, 3.63) is 107 Å². The van der Waals surface area contributed by atoms with Gasteiger partial charge in [-0.25, -0.2) is 0 Å². The molecule has 5 rings (SSSR count). The van der Waals surface area contributed by atoms with E-state index in [1.165, 1.54) is 11.8 Å². The van der Waals surface area contributed by atoms with Gasteiger partial charge in [0.25, 0.3) is 11.8 Å². The van der Waals surface area contributed by atoms with E-state index in [9.17, 15) is 9.59 Å². The first-order chi connectivity index (χ1) is 16.6. The zero-order chi connectivity index (χ0) is 23.5. The number of hydrogen-bond donors (Lipinski definition) is 2. The maximum atomic E-state index is 12.8. The van der Waals surface area contributed by atoms with E-state index < -0.39 is 0 Å². The van der Waals surface area contributed by atoms with E-state index in [0.29, 0.717) is 22.4 Å². The maximum absolute atomic E-state index is 12.8. The van der Waals surface area contributed by atoms with E-state index in [-0.39, 0.29) is 18.4 Å². The molecule has 1 aromatic heterocycles. The largest absolute Gasteiger partial charge is 0.346 e. The van der Waals surface area contributed by atoms with E-state index in [4.69, 9.17) is 5.26 Å². The molecule has 0 saturated heterocycles. The van der Waals surface area contributed by atoms with Crippen molar-refractivity contribution in [2.24, 2.45) is 0 Å². The van der Waals surface area contributed by atoms with Gasteiger partial charge in [-0.3, -0.25) is 14.6 Å². The molecule has 0 spiro atoms. The Morgan fingerprint density at radius 1 is 0.971 bits per heavy atom. The summed E-state index contributed by atoms with van der Waals surface area (Å²) in [7, 11) is 0. The van der Waals surface area contributed by atoms with Gasteiger partial charge in [-0.15, -0.1) is 0 Å². The average Bonchev–Trinajstić information content (AvgIpc) is 3.03. The third-order valence-electron chi connectivity index (χ3n) is 5.44. The number of amides is 2. The first kappa shape index (κ1) is 21.4. The van der Waals surface area contributed by atoms with E-state index in [1.807, 2.05) is 48.5 Å². The van der Waals surface area contributed by atoms with Crippen LogP contribution in [0.5, 0.6) is 0 Å². The summed E-state index contributed by atoms with van der Waals surface area (Å²) in [5, 5.41) is 14.7. The van der Waals surface area contributed by atoms with Gasteiger partial charge in [0.1, 0.15) is 0 Å². The van der Waals surface area contributed by atoms with Gasteiger partial charge in [-0.1, -0.05) is 42.1 Å². The summed E-state index contributed by atoms with van der Waals surface area (Å²) in [4.78, 5) is 31.5. The van der Waals surface area contributed by atoms with Crippen molar-refractivity contribution in [2.45, 2.75) is 16.3 Å². The number of nitrogens with zero attached hydrogens (tertiary/aromatic N) is 2. The lowest BCUT2D eigenvalue weighted by atomic mass is 10.1. The molecule has 1 aliphatic rings. The highest BCUT2D eigenvalue weighted by Crippen LogP contribution is 2.39. The molecule has 0 radical (unpaired) electrons. The quantitative estimate of drug-likeness (QED) is 0.431. The highest BCUT2D eigenvalue weighted by Gasteiger charge is 2.20. The van der Waals surface area contributed by atoms with Gasteiger partial charge >= 0.3 is 0 Å². The van der Waals surface area contributed by atoms with Crippen molar-refractivity contribution in [1.29, 1.82) is 5.26 Å². The lowest BCUT2D eigenvalue weighted by Crippen LogP contribution is -2.23. The molecule has 0 bridgehead atoms. The number of rotatable bonds is 4. The molecule has 0 fully saturated rings. The zero-order valence-electron chi connectivity index (χ0n) is 17.9. The maximum Gasteiger partial charge on any atom is 0.256 e. The minimum Gasteiger partial charge on any atom is -0.346 e. The predicted octanol–water partition coefficient (Wildman–Crippen LogP) is 5.27. The van der Waals surface area contributed by atoms with Crippen molar-refractivity contribution >= 4 is 29.3 Å². The molecule has 1 aliphatic heterocycles. The fraction of sp³-hybridized carbons (Fsp3) is 0.0370. The van der Waals surface area contributed by atoms with Crippen LogP contribution in [-0.4, -0.2) is 16.8 Å². The fourth-order valence-corrected chi connectivity index (χ4v) is 4.63. The fourth-order valence-electron chi connectivity index (χ4n) is 3.62. The van der Waals surface area contributed by atoms with E-state index in [2.05, 4.69) is 21.7 Å². The number of anilines is 1. The Hall–Kier alpha value is -4.41. The second-order valence-electron chi connectivity index (χ2n) is 7.67. The van der Waals surface area contributed by atoms with Crippen molar-refractivity contribution in [3.63, 3.8) is 0 Å². The summed E-state index contributed by atoms with van der Waals surface area (Å²) in [6.07, 6.45) is 1.75. The normalized spacial score (nSPS) is 11.9. The minimum atomic E-state index is -0.248. The third kappa shape index (κ3) is 4.40. The first-order valence-electron chi connectivity index (χ1n) is 10.6. The van der Waals surface area contributed by atoms with Gasteiger partial charge in [0.05, 0.1) is 35.1 Å². The average molecular weight is 463 g/mol. The number of carbonyl (C=O) groups is 2.